The van der Waals surface area contributed by atoms with Gasteiger partial charge in [-0.25, -0.2) is 0 Å². The molecule has 0 saturated carbocycles. The number of carbonyl (C=O) groups is 1. The smallest absolute Gasteiger partial charge is 0.311 e. The highest BCUT2D eigenvalue weighted by Gasteiger charge is 2.15. The number of rotatable bonds is 8. The molecule has 0 aliphatic carbocycles. The standard InChI is InChI=1S/C19H19N3O6/c1-3-10-28-18-8-5-14(11-17(18)22(26)27)6-9-19(23)20-16-12-15(21(24)25)7-4-13(16)2/h4-9,11-12H,3,10H2,1-2H3,(H,20,23)/b9-6+. The molecule has 2 rings (SSSR count). The second kappa shape index (κ2) is 9.26. The third-order valence-corrected chi connectivity index (χ3v) is 3.76. The number of aryl methyl sites for hydroxylation is 1. The predicted molar refractivity (Wildman–Crippen MR) is 104 cm³/mol. The SMILES string of the molecule is CCCOc1ccc(/C=C/C(=O)Nc2cc([N+](=O)[O-])ccc2C)cc1[N+](=O)[O-]. The molecule has 0 saturated heterocycles. The van der Waals surface area contributed by atoms with Gasteiger partial charge in [-0.1, -0.05) is 19.1 Å². The van der Waals surface area contributed by atoms with Crippen molar-refractivity contribution in [1.82, 2.24) is 0 Å². The molecule has 146 valence electrons. The summed E-state index contributed by atoms with van der Waals surface area (Å²) >= 11 is 0. The number of nitrogens with zero attached hydrogens (tertiary/aromatic N) is 2. The van der Waals surface area contributed by atoms with E-state index in [1.165, 1.54) is 42.5 Å². The Morgan fingerprint density at radius 3 is 2.54 bits per heavy atom. The van der Waals surface area contributed by atoms with Gasteiger partial charge in [0.2, 0.25) is 5.91 Å². The number of hydrogen-bond donors (Lipinski definition) is 1. The van der Waals surface area contributed by atoms with Crippen molar-refractivity contribution in [2.24, 2.45) is 0 Å². The summed E-state index contributed by atoms with van der Waals surface area (Å²) in [6, 6.07) is 8.55. The number of nitro benzene ring substituents is 2. The molecule has 0 unspecified atom stereocenters. The van der Waals surface area contributed by atoms with Crippen LogP contribution in [0.2, 0.25) is 0 Å². The van der Waals surface area contributed by atoms with Crippen LogP contribution in [0, 0.1) is 27.2 Å². The van der Waals surface area contributed by atoms with Gasteiger partial charge in [0.05, 0.1) is 22.1 Å². The van der Waals surface area contributed by atoms with Crippen LogP contribution in [-0.2, 0) is 4.79 Å². The zero-order valence-corrected chi connectivity index (χ0v) is 15.4. The number of hydrogen-bond acceptors (Lipinski definition) is 6. The van der Waals surface area contributed by atoms with E-state index in [0.29, 0.717) is 23.4 Å². The molecule has 0 fully saturated rings. The van der Waals surface area contributed by atoms with Crippen molar-refractivity contribution in [1.29, 1.82) is 0 Å². The molecule has 0 atom stereocenters. The molecule has 0 aliphatic rings. The van der Waals surface area contributed by atoms with Gasteiger partial charge in [-0.15, -0.1) is 0 Å². The van der Waals surface area contributed by atoms with Crippen LogP contribution in [0.25, 0.3) is 6.08 Å². The van der Waals surface area contributed by atoms with Crippen LogP contribution in [0.4, 0.5) is 17.1 Å². The molecule has 28 heavy (non-hydrogen) atoms. The molecule has 0 heterocycles. The maximum absolute atomic E-state index is 12.1. The first-order valence-corrected chi connectivity index (χ1v) is 8.47. The first kappa shape index (κ1) is 20.6. The van der Waals surface area contributed by atoms with E-state index in [4.69, 9.17) is 4.74 Å². The Morgan fingerprint density at radius 1 is 1.14 bits per heavy atom. The van der Waals surface area contributed by atoms with Crippen molar-refractivity contribution in [3.63, 3.8) is 0 Å². The normalized spacial score (nSPS) is 10.6. The molecule has 0 spiro atoms. The Bertz CT molecular complexity index is 939. The molecule has 1 N–H and O–H groups in total. The number of ether oxygens (including phenoxy) is 1. The van der Waals surface area contributed by atoms with Gasteiger partial charge < -0.3 is 10.1 Å². The van der Waals surface area contributed by atoms with E-state index in [-0.39, 0.29) is 17.1 Å². The number of benzene rings is 2. The highest BCUT2D eigenvalue weighted by molar-refractivity contribution is 6.02. The zero-order valence-electron chi connectivity index (χ0n) is 15.4. The van der Waals surface area contributed by atoms with Gasteiger partial charge in [0.25, 0.3) is 5.69 Å². The van der Waals surface area contributed by atoms with Gasteiger partial charge in [0, 0.05) is 24.3 Å². The molecular formula is C19H19N3O6. The third kappa shape index (κ3) is 5.37. The van der Waals surface area contributed by atoms with Crippen molar-refractivity contribution >= 4 is 29.0 Å². The predicted octanol–water partition coefficient (Wildman–Crippen LogP) is 4.25. The number of non-ortho nitro benzene ring substituents is 1. The monoisotopic (exact) mass is 385 g/mol. The highest BCUT2D eigenvalue weighted by Crippen LogP contribution is 2.28. The van der Waals surface area contributed by atoms with Gasteiger partial charge in [-0.2, -0.15) is 0 Å². The lowest BCUT2D eigenvalue weighted by atomic mass is 10.1. The highest BCUT2D eigenvalue weighted by atomic mass is 16.6. The second-order valence-electron chi connectivity index (χ2n) is 5.91. The van der Waals surface area contributed by atoms with Crippen LogP contribution >= 0.6 is 0 Å². The molecule has 2 aromatic carbocycles. The fourth-order valence-electron chi connectivity index (χ4n) is 2.32. The summed E-state index contributed by atoms with van der Waals surface area (Å²) in [7, 11) is 0. The van der Waals surface area contributed by atoms with E-state index < -0.39 is 15.8 Å². The van der Waals surface area contributed by atoms with E-state index in [1.54, 1.807) is 13.0 Å². The van der Waals surface area contributed by atoms with E-state index in [2.05, 4.69) is 5.32 Å². The molecule has 9 heteroatoms. The second-order valence-corrected chi connectivity index (χ2v) is 5.91. The molecule has 0 aliphatic heterocycles. The van der Waals surface area contributed by atoms with Crippen molar-refractivity contribution in [3.8, 4) is 5.75 Å². The Hall–Kier alpha value is -3.75. The summed E-state index contributed by atoms with van der Waals surface area (Å²) in [6.45, 7) is 3.97. The van der Waals surface area contributed by atoms with Crippen LogP contribution in [-0.4, -0.2) is 22.4 Å². The Morgan fingerprint density at radius 2 is 1.89 bits per heavy atom. The van der Waals surface area contributed by atoms with Crippen LogP contribution in [0.1, 0.15) is 24.5 Å². The van der Waals surface area contributed by atoms with Crippen molar-refractivity contribution < 1.29 is 19.4 Å². The number of nitrogens with one attached hydrogen (secondary N) is 1. The topological polar surface area (TPSA) is 125 Å². The summed E-state index contributed by atoms with van der Waals surface area (Å²) in [4.78, 5) is 33.1. The van der Waals surface area contributed by atoms with E-state index in [1.807, 2.05) is 6.92 Å². The summed E-state index contributed by atoms with van der Waals surface area (Å²) in [5.74, 6) is -0.349. The van der Waals surface area contributed by atoms with Crippen molar-refractivity contribution in [2.75, 3.05) is 11.9 Å². The van der Waals surface area contributed by atoms with E-state index in [0.717, 1.165) is 6.42 Å². The molecule has 0 aromatic heterocycles. The van der Waals surface area contributed by atoms with Gasteiger partial charge in [0.15, 0.2) is 5.75 Å². The van der Waals surface area contributed by atoms with Crippen molar-refractivity contribution in [3.05, 3.63) is 73.8 Å². The van der Waals surface area contributed by atoms with Crippen LogP contribution in [0.3, 0.4) is 0 Å². The van der Waals surface area contributed by atoms with Gasteiger partial charge in [-0.05, 0) is 36.6 Å². The largest absolute Gasteiger partial charge is 0.487 e. The maximum Gasteiger partial charge on any atom is 0.311 e. The zero-order chi connectivity index (χ0) is 20.7. The molecule has 1 amide bonds. The first-order valence-electron chi connectivity index (χ1n) is 8.47. The maximum atomic E-state index is 12.1. The quantitative estimate of drug-likeness (QED) is 0.411. The summed E-state index contributed by atoms with van der Waals surface area (Å²) in [6.07, 6.45) is 3.33. The number of carbonyl (C=O) groups excluding carboxylic acids is 1. The van der Waals surface area contributed by atoms with Crippen LogP contribution in [0.15, 0.2) is 42.5 Å². The molecule has 0 bridgehead atoms. The lowest BCUT2D eigenvalue weighted by Crippen LogP contribution is -2.09. The first-order chi connectivity index (χ1) is 13.3. The minimum Gasteiger partial charge on any atom is -0.487 e. The molecule has 9 nitrogen and oxygen atoms in total. The summed E-state index contributed by atoms with van der Waals surface area (Å²) < 4.78 is 5.35. The Labute approximate surface area is 160 Å². The molecular weight excluding hydrogens is 366 g/mol. The van der Waals surface area contributed by atoms with Crippen LogP contribution in [0.5, 0.6) is 5.75 Å². The number of amides is 1. The number of anilines is 1. The van der Waals surface area contributed by atoms with E-state index >= 15 is 0 Å². The fraction of sp³-hybridized carbons (Fsp3) is 0.211. The minimum absolute atomic E-state index is 0.136. The average molecular weight is 385 g/mol. The fourth-order valence-corrected chi connectivity index (χ4v) is 2.32. The minimum atomic E-state index is -0.549. The summed E-state index contributed by atoms with van der Waals surface area (Å²) in [5, 5.41) is 24.6. The van der Waals surface area contributed by atoms with E-state index in [9.17, 15) is 25.0 Å². The number of nitro groups is 2. The lowest BCUT2D eigenvalue weighted by molar-refractivity contribution is -0.385. The Kier molecular flexibility index (Phi) is 6.80. The van der Waals surface area contributed by atoms with Crippen molar-refractivity contribution in [2.45, 2.75) is 20.3 Å². The lowest BCUT2D eigenvalue weighted by Gasteiger charge is -2.07. The van der Waals surface area contributed by atoms with Crippen LogP contribution < -0.4 is 10.1 Å². The third-order valence-electron chi connectivity index (χ3n) is 3.76. The summed E-state index contributed by atoms with van der Waals surface area (Å²) in [5.41, 5.74) is 1.11. The molecule has 0 radical (unpaired) electrons. The van der Waals surface area contributed by atoms with Gasteiger partial charge in [-0.3, -0.25) is 25.0 Å². The Balaban J connectivity index is 2.16. The average Bonchev–Trinajstić information content (AvgIpc) is 2.66. The van der Waals surface area contributed by atoms with Gasteiger partial charge in [0.1, 0.15) is 0 Å². The van der Waals surface area contributed by atoms with Gasteiger partial charge >= 0.3 is 5.69 Å². The molecule has 2 aromatic rings.